The molecular formula is C16H16ClN3O2. The van der Waals surface area contributed by atoms with Crippen molar-refractivity contribution in [2.24, 2.45) is 7.05 Å². The van der Waals surface area contributed by atoms with E-state index in [-0.39, 0.29) is 17.4 Å². The van der Waals surface area contributed by atoms with Crippen molar-refractivity contribution in [3.05, 3.63) is 63.0 Å². The molecule has 1 aliphatic heterocycles. The monoisotopic (exact) mass is 317 g/mol. The summed E-state index contributed by atoms with van der Waals surface area (Å²) >= 11 is 6.03. The summed E-state index contributed by atoms with van der Waals surface area (Å²) in [7, 11) is 1.54. The summed E-state index contributed by atoms with van der Waals surface area (Å²) < 4.78 is 1.18. The lowest BCUT2D eigenvalue weighted by atomic mass is 9.99. The topological polar surface area (TPSA) is 55.2 Å². The summed E-state index contributed by atoms with van der Waals surface area (Å²) in [6.07, 6.45) is 0.901. The van der Waals surface area contributed by atoms with Gasteiger partial charge in [0.25, 0.3) is 11.5 Å². The van der Waals surface area contributed by atoms with Crippen molar-refractivity contribution in [3.63, 3.8) is 0 Å². The second-order valence-electron chi connectivity index (χ2n) is 5.47. The average molecular weight is 318 g/mol. The molecule has 2 heterocycles. The molecule has 0 unspecified atom stereocenters. The van der Waals surface area contributed by atoms with Gasteiger partial charge in [0.15, 0.2) is 0 Å². The van der Waals surface area contributed by atoms with E-state index in [4.69, 9.17) is 11.6 Å². The lowest BCUT2D eigenvalue weighted by molar-refractivity contribution is 0.0782. The van der Waals surface area contributed by atoms with Crippen LogP contribution in [0.3, 0.4) is 0 Å². The number of nitrogens with zero attached hydrogens (tertiary/aromatic N) is 3. The third-order valence-corrected chi connectivity index (χ3v) is 4.21. The van der Waals surface area contributed by atoms with Crippen LogP contribution in [0.1, 0.15) is 28.4 Å². The maximum atomic E-state index is 12.5. The Kier molecular flexibility index (Phi) is 3.98. The highest BCUT2D eigenvalue weighted by atomic mass is 35.5. The van der Waals surface area contributed by atoms with Gasteiger partial charge in [-0.15, -0.1) is 0 Å². The molecule has 2 aromatic rings. The molecule has 1 aliphatic rings. The van der Waals surface area contributed by atoms with Crippen LogP contribution < -0.4 is 5.56 Å². The molecule has 1 aromatic carbocycles. The molecular weight excluding hydrogens is 302 g/mol. The summed E-state index contributed by atoms with van der Waals surface area (Å²) in [5.74, 6) is 0.148. The maximum Gasteiger partial charge on any atom is 0.274 e. The second kappa shape index (κ2) is 5.93. The summed E-state index contributed by atoms with van der Waals surface area (Å²) in [6.45, 7) is 1.32. The van der Waals surface area contributed by atoms with Gasteiger partial charge in [-0.1, -0.05) is 23.7 Å². The van der Waals surface area contributed by atoms with Crippen LogP contribution in [0.15, 0.2) is 41.2 Å². The molecule has 22 heavy (non-hydrogen) atoms. The Labute approximate surface area is 133 Å². The van der Waals surface area contributed by atoms with Crippen molar-refractivity contribution in [1.82, 2.24) is 14.7 Å². The van der Waals surface area contributed by atoms with E-state index in [1.54, 1.807) is 4.90 Å². The van der Waals surface area contributed by atoms with E-state index < -0.39 is 0 Å². The zero-order chi connectivity index (χ0) is 15.7. The molecule has 3 rings (SSSR count). The molecule has 114 valence electrons. The number of carbonyl (C=O) groups is 1. The van der Waals surface area contributed by atoms with Gasteiger partial charge >= 0.3 is 0 Å². The van der Waals surface area contributed by atoms with Crippen LogP contribution in [-0.4, -0.2) is 33.7 Å². The van der Waals surface area contributed by atoms with Crippen molar-refractivity contribution in [3.8, 4) is 0 Å². The molecule has 0 saturated carbocycles. The molecule has 6 heteroatoms. The fourth-order valence-corrected chi connectivity index (χ4v) is 2.95. The van der Waals surface area contributed by atoms with Crippen LogP contribution in [0.2, 0.25) is 5.02 Å². The molecule has 5 nitrogen and oxygen atoms in total. The van der Waals surface area contributed by atoms with E-state index in [1.807, 2.05) is 24.3 Å². The van der Waals surface area contributed by atoms with E-state index >= 15 is 0 Å². The fourth-order valence-electron chi connectivity index (χ4n) is 2.76. The number of aromatic nitrogens is 2. The molecule has 0 bridgehead atoms. The minimum atomic E-state index is -0.227. The summed E-state index contributed by atoms with van der Waals surface area (Å²) in [5.41, 5.74) is 1.22. The second-order valence-corrected chi connectivity index (χ2v) is 5.91. The predicted octanol–water partition coefficient (Wildman–Crippen LogP) is 2.06. The number of benzene rings is 1. The van der Waals surface area contributed by atoms with Gasteiger partial charge in [0.2, 0.25) is 0 Å². The number of likely N-dealkylation sites (tertiary alicyclic amines) is 1. The van der Waals surface area contributed by atoms with Gasteiger partial charge in [0, 0.05) is 37.1 Å². The Balaban J connectivity index is 1.76. The van der Waals surface area contributed by atoms with Crippen LogP contribution in [0.5, 0.6) is 0 Å². The highest BCUT2D eigenvalue weighted by Crippen LogP contribution is 2.29. The zero-order valence-electron chi connectivity index (χ0n) is 12.2. The number of amides is 1. The average Bonchev–Trinajstić information content (AvgIpc) is 2.99. The number of hydrogen-bond acceptors (Lipinski definition) is 3. The first-order chi connectivity index (χ1) is 10.5. The summed E-state index contributed by atoms with van der Waals surface area (Å²) in [6, 6.07) is 10.6. The largest absolute Gasteiger partial charge is 0.337 e. The highest BCUT2D eigenvalue weighted by molar-refractivity contribution is 6.30. The van der Waals surface area contributed by atoms with Gasteiger partial charge in [0.05, 0.1) is 0 Å². The van der Waals surface area contributed by atoms with Crippen molar-refractivity contribution in [2.45, 2.75) is 12.3 Å². The van der Waals surface area contributed by atoms with Crippen LogP contribution in [0, 0.1) is 0 Å². The predicted molar refractivity (Wildman–Crippen MR) is 84.2 cm³/mol. The van der Waals surface area contributed by atoms with Gasteiger partial charge in [0.1, 0.15) is 5.69 Å². The minimum absolute atomic E-state index is 0.139. The van der Waals surface area contributed by atoms with E-state index in [9.17, 15) is 9.59 Å². The third kappa shape index (κ3) is 2.90. The molecule has 1 atom stereocenters. The van der Waals surface area contributed by atoms with Crippen molar-refractivity contribution >= 4 is 17.5 Å². The maximum absolute atomic E-state index is 12.5. The number of carbonyl (C=O) groups excluding carboxylic acids is 1. The number of hydrogen-bond donors (Lipinski definition) is 0. The molecule has 0 aliphatic carbocycles. The Morgan fingerprint density at radius 2 is 2.14 bits per heavy atom. The van der Waals surface area contributed by atoms with Crippen molar-refractivity contribution in [1.29, 1.82) is 0 Å². The molecule has 1 fully saturated rings. The van der Waals surface area contributed by atoms with Gasteiger partial charge < -0.3 is 4.90 Å². The van der Waals surface area contributed by atoms with Gasteiger partial charge in [-0.25, -0.2) is 4.68 Å². The first kappa shape index (κ1) is 14.8. The quantitative estimate of drug-likeness (QED) is 0.852. The fraction of sp³-hybridized carbons (Fsp3) is 0.312. The molecule has 0 spiro atoms. The molecule has 1 aromatic heterocycles. The van der Waals surface area contributed by atoms with Crippen LogP contribution >= 0.6 is 11.6 Å². The van der Waals surface area contributed by atoms with E-state index in [2.05, 4.69) is 5.10 Å². The molecule has 0 N–H and O–H groups in total. The summed E-state index contributed by atoms with van der Waals surface area (Å²) in [5, 5.41) is 4.73. The number of aryl methyl sites for hydroxylation is 1. The Morgan fingerprint density at radius 1 is 1.32 bits per heavy atom. The highest BCUT2D eigenvalue weighted by Gasteiger charge is 2.28. The van der Waals surface area contributed by atoms with Crippen molar-refractivity contribution < 1.29 is 4.79 Å². The summed E-state index contributed by atoms with van der Waals surface area (Å²) in [4.78, 5) is 25.6. The van der Waals surface area contributed by atoms with Gasteiger partial charge in [-0.3, -0.25) is 9.59 Å². The Hall–Kier alpha value is -2.14. The number of halogens is 1. The first-order valence-corrected chi connectivity index (χ1v) is 7.51. The van der Waals surface area contributed by atoms with Gasteiger partial charge in [-0.2, -0.15) is 5.10 Å². The lowest BCUT2D eigenvalue weighted by Crippen LogP contribution is -2.31. The minimum Gasteiger partial charge on any atom is -0.337 e. The van der Waals surface area contributed by atoms with Gasteiger partial charge in [-0.05, 0) is 30.2 Å². The molecule has 0 radical (unpaired) electrons. The van der Waals surface area contributed by atoms with E-state index in [1.165, 1.54) is 23.9 Å². The number of rotatable bonds is 2. The Bertz CT molecular complexity index is 772. The van der Waals surface area contributed by atoms with Crippen molar-refractivity contribution in [2.75, 3.05) is 13.1 Å². The van der Waals surface area contributed by atoms with Crippen LogP contribution in [-0.2, 0) is 7.05 Å². The standard InChI is InChI=1S/C16H16ClN3O2/c1-19-15(21)6-5-14(18-19)16(22)20-8-7-12(10-20)11-3-2-4-13(17)9-11/h2-6,9,12H,7-8,10H2,1H3/t12-/m0/s1. The smallest absolute Gasteiger partial charge is 0.274 e. The van der Waals surface area contributed by atoms with Crippen LogP contribution in [0.25, 0.3) is 0 Å². The SMILES string of the molecule is Cn1nc(C(=O)N2CC[C@H](c3cccc(Cl)c3)C2)ccc1=O. The normalized spacial score (nSPS) is 17.7. The molecule has 1 amide bonds. The molecule has 1 saturated heterocycles. The van der Waals surface area contributed by atoms with Crippen LogP contribution in [0.4, 0.5) is 0 Å². The lowest BCUT2D eigenvalue weighted by Gasteiger charge is -2.16. The third-order valence-electron chi connectivity index (χ3n) is 3.98. The van der Waals surface area contributed by atoms with E-state index in [0.29, 0.717) is 23.8 Å². The first-order valence-electron chi connectivity index (χ1n) is 7.13. The van der Waals surface area contributed by atoms with E-state index in [0.717, 1.165) is 12.0 Å². The Morgan fingerprint density at radius 3 is 2.86 bits per heavy atom. The zero-order valence-corrected chi connectivity index (χ0v) is 13.0.